The summed E-state index contributed by atoms with van der Waals surface area (Å²) >= 11 is 1.36. The fourth-order valence-electron chi connectivity index (χ4n) is 2.39. The van der Waals surface area contributed by atoms with E-state index in [1.54, 1.807) is 20.0 Å². The van der Waals surface area contributed by atoms with Crippen molar-refractivity contribution in [2.75, 3.05) is 6.54 Å². The van der Waals surface area contributed by atoms with Crippen molar-refractivity contribution in [3.8, 4) is 11.4 Å². The number of carbonyl (C=O) groups is 3. The summed E-state index contributed by atoms with van der Waals surface area (Å²) in [5, 5.41) is 5.02. The molecule has 0 atom stereocenters. The molecule has 0 aliphatic carbocycles. The maximum Gasteiger partial charge on any atom is 0.325 e. The number of hydrogen-bond donors (Lipinski definition) is 1. The Hall–Kier alpha value is -2.61. The number of pyridine rings is 1. The standard InChI is InChI=1S/C16H16N4O3S/c1-16(2)14(22)20(15(23)19-16)8-10(21)7-13-18-12(9-24-13)11-5-3-4-6-17-11/h3-6,9H,7-8H2,1-2H3,(H,19,23). The lowest BCUT2D eigenvalue weighted by Gasteiger charge is -2.15. The van der Waals surface area contributed by atoms with Gasteiger partial charge in [0.25, 0.3) is 5.91 Å². The van der Waals surface area contributed by atoms with Crippen LogP contribution < -0.4 is 5.32 Å². The monoisotopic (exact) mass is 344 g/mol. The lowest BCUT2D eigenvalue weighted by Crippen LogP contribution is -2.41. The van der Waals surface area contributed by atoms with E-state index in [1.807, 2.05) is 23.6 Å². The lowest BCUT2D eigenvalue weighted by molar-refractivity contribution is -0.133. The van der Waals surface area contributed by atoms with Gasteiger partial charge < -0.3 is 5.32 Å². The molecule has 7 nitrogen and oxygen atoms in total. The second-order valence-electron chi connectivity index (χ2n) is 6.00. The molecular weight excluding hydrogens is 328 g/mol. The molecule has 1 N–H and O–H groups in total. The Kier molecular flexibility index (Phi) is 4.15. The Balaban J connectivity index is 1.65. The van der Waals surface area contributed by atoms with Crippen molar-refractivity contribution in [2.24, 2.45) is 0 Å². The molecule has 0 saturated carbocycles. The molecule has 0 unspecified atom stereocenters. The zero-order valence-corrected chi connectivity index (χ0v) is 14.1. The van der Waals surface area contributed by atoms with Crippen molar-refractivity contribution < 1.29 is 14.4 Å². The van der Waals surface area contributed by atoms with Gasteiger partial charge in [0.15, 0.2) is 5.78 Å². The van der Waals surface area contributed by atoms with Gasteiger partial charge in [-0.05, 0) is 26.0 Å². The quantitative estimate of drug-likeness (QED) is 0.833. The van der Waals surface area contributed by atoms with E-state index in [0.29, 0.717) is 10.7 Å². The van der Waals surface area contributed by atoms with E-state index in [4.69, 9.17) is 0 Å². The van der Waals surface area contributed by atoms with Gasteiger partial charge in [0, 0.05) is 11.6 Å². The molecule has 0 spiro atoms. The number of rotatable bonds is 5. The Morgan fingerprint density at radius 1 is 1.29 bits per heavy atom. The van der Waals surface area contributed by atoms with Crippen LogP contribution in [0.15, 0.2) is 29.8 Å². The molecule has 0 radical (unpaired) electrons. The Morgan fingerprint density at radius 3 is 2.71 bits per heavy atom. The highest BCUT2D eigenvalue weighted by molar-refractivity contribution is 7.10. The second kappa shape index (κ2) is 6.12. The number of imide groups is 1. The molecule has 3 rings (SSSR count). The minimum absolute atomic E-state index is 0.0784. The van der Waals surface area contributed by atoms with E-state index >= 15 is 0 Å². The number of nitrogens with zero attached hydrogens (tertiary/aromatic N) is 3. The molecule has 0 bridgehead atoms. The second-order valence-corrected chi connectivity index (χ2v) is 6.95. The van der Waals surface area contributed by atoms with Gasteiger partial charge in [0.1, 0.15) is 10.5 Å². The van der Waals surface area contributed by atoms with Gasteiger partial charge in [-0.25, -0.2) is 9.78 Å². The van der Waals surface area contributed by atoms with Crippen molar-refractivity contribution >= 4 is 29.1 Å². The molecule has 24 heavy (non-hydrogen) atoms. The van der Waals surface area contributed by atoms with E-state index in [9.17, 15) is 14.4 Å². The van der Waals surface area contributed by atoms with Gasteiger partial charge in [0.2, 0.25) is 0 Å². The molecule has 2 aromatic heterocycles. The number of ketones is 1. The summed E-state index contributed by atoms with van der Waals surface area (Å²) in [5.74, 6) is -0.632. The molecule has 1 aliphatic heterocycles. The topological polar surface area (TPSA) is 92.3 Å². The van der Waals surface area contributed by atoms with Crippen LogP contribution in [0.25, 0.3) is 11.4 Å². The van der Waals surface area contributed by atoms with Gasteiger partial charge in [-0.2, -0.15) is 0 Å². The predicted molar refractivity (Wildman–Crippen MR) is 88.4 cm³/mol. The smallest absolute Gasteiger partial charge is 0.324 e. The van der Waals surface area contributed by atoms with Gasteiger partial charge in [-0.3, -0.25) is 19.5 Å². The normalized spacial score (nSPS) is 16.3. The fourth-order valence-corrected chi connectivity index (χ4v) is 3.20. The third-order valence-corrected chi connectivity index (χ3v) is 4.46. The highest BCUT2D eigenvalue weighted by Crippen LogP contribution is 2.21. The minimum Gasteiger partial charge on any atom is -0.324 e. The van der Waals surface area contributed by atoms with Crippen LogP contribution >= 0.6 is 11.3 Å². The van der Waals surface area contributed by atoms with E-state index < -0.39 is 17.5 Å². The minimum atomic E-state index is -0.968. The summed E-state index contributed by atoms with van der Waals surface area (Å²) in [6, 6.07) is 4.99. The van der Waals surface area contributed by atoms with Crippen molar-refractivity contribution in [3.63, 3.8) is 0 Å². The number of carbonyl (C=O) groups excluding carboxylic acids is 3. The van der Waals surface area contributed by atoms with E-state index in [1.165, 1.54) is 11.3 Å². The van der Waals surface area contributed by atoms with Crippen LogP contribution in [0, 0.1) is 0 Å². The predicted octanol–water partition coefficient (Wildman–Crippen LogP) is 1.65. The third-order valence-electron chi connectivity index (χ3n) is 3.61. The number of amides is 3. The highest BCUT2D eigenvalue weighted by atomic mass is 32.1. The molecule has 1 saturated heterocycles. The molecule has 1 fully saturated rings. The van der Waals surface area contributed by atoms with Crippen LogP contribution in [0.4, 0.5) is 4.79 Å². The number of hydrogen-bond acceptors (Lipinski definition) is 6. The van der Waals surface area contributed by atoms with Crippen LogP contribution in [0.1, 0.15) is 18.9 Å². The summed E-state index contributed by atoms with van der Waals surface area (Å²) in [6.45, 7) is 2.97. The molecule has 0 aromatic carbocycles. The van der Waals surface area contributed by atoms with Gasteiger partial charge in [0.05, 0.1) is 24.4 Å². The first-order valence-corrected chi connectivity index (χ1v) is 8.26. The fraction of sp³-hybridized carbons (Fsp3) is 0.312. The highest BCUT2D eigenvalue weighted by Gasteiger charge is 2.44. The largest absolute Gasteiger partial charge is 0.325 e. The van der Waals surface area contributed by atoms with Crippen molar-refractivity contribution in [1.29, 1.82) is 0 Å². The summed E-state index contributed by atoms with van der Waals surface area (Å²) in [4.78, 5) is 45.6. The first-order valence-electron chi connectivity index (χ1n) is 7.38. The zero-order chi connectivity index (χ0) is 17.3. The Bertz CT molecular complexity index is 801. The average molecular weight is 344 g/mol. The average Bonchev–Trinajstić information content (AvgIpc) is 3.07. The molecular formula is C16H16N4O3S. The zero-order valence-electron chi connectivity index (χ0n) is 13.3. The summed E-state index contributed by atoms with van der Waals surface area (Å²) in [7, 11) is 0. The van der Waals surface area contributed by atoms with Crippen LogP contribution in [0.3, 0.4) is 0 Å². The van der Waals surface area contributed by atoms with E-state index in [2.05, 4.69) is 15.3 Å². The first-order chi connectivity index (χ1) is 11.4. The SMILES string of the molecule is CC1(C)NC(=O)N(CC(=O)Cc2nc(-c3ccccn3)cs2)C1=O. The van der Waals surface area contributed by atoms with Gasteiger partial charge in [-0.15, -0.1) is 11.3 Å². The summed E-state index contributed by atoms with van der Waals surface area (Å²) < 4.78 is 0. The third kappa shape index (κ3) is 3.18. The van der Waals surface area contributed by atoms with Gasteiger partial charge in [-0.1, -0.05) is 6.07 Å². The van der Waals surface area contributed by atoms with Crippen LogP contribution in [-0.4, -0.2) is 44.7 Å². The number of Topliss-reactive ketones (excluding diaryl/α,β-unsaturated/α-hetero) is 1. The van der Waals surface area contributed by atoms with Gasteiger partial charge >= 0.3 is 6.03 Å². The molecule has 1 aliphatic rings. The number of urea groups is 1. The number of thiazole rings is 1. The van der Waals surface area contributed by atoms with Crippen LogP contribution in [0.5, 0.6) is 0 Å². The van der Waals surface area contributed by atoms with Crippen molar-refractivity contribution in [2.45, 2.75) is 25.8 Å². The molecule has 2 aromatic rings. The van der Waals surface area contributed by atoms with E-state index in [0.717, 1.165) is 10.6 Å². The van der Waals surface area contributed by atoms with Crippen LogP contribution in [-0.2, 0) is 16.0 Å². The van der Waals surface area contributed by atoms with Crippen molar-refractivity contribution in [3.05, 3.63) is 34.8 Å². The molecule has 3 heterocycles. The summed E-state index contributed by atoms with van der Waals surface area (Å²) in [5.41, 5.74) is 0.479. The van der Waals surface area contributed by atoms with Crippen molar-refractivity contribution in [1.82, 2.24) is 20.2 Å². The number of aromatic nitrogens is 2. The number of nitrogens with one attached hydrogen (secondary N) is 1. The first kappa shape index (κ1) is 16.3. The van der Waals surface area contributed by atoms with Crippen LogP contribution in [0.2, 0.25) is 0 Å². The maximum absolute atomic E-state index is 12.2. The molecule has 3 amide bonds. The molecule has 8 heteroatoms. The molecule has 124 valence electrons. The Morgan fingerprint density at radius 2 is 2.08 bits per heavy atom. The lowest BCUT2D eigenvalue weighted by atomic mass is 10.1. The Labute approximate surface area is 142 Å². The van der Waals surface area contributed by atoms with E-state index in [-0.39, 0.29) is 18.7 Å². The summed E-state index contributed by atoms with van der Waals surface area (Å²) in [6.07, 6.45) is 1.76. The maximum atomic E-state index is 12.2.